The van der Waals surface area contributed by atoms with Crippen molar-refractivity contribution in [1.82, 2.24) is 9.88 Å². The van der Waals surface area contributed by atoms with Gasteiger partial charge in [0.25, 0.3) is 5.91 Å². The summed E-state index contributed by atoms with van der Waals surface area (Å²) in [5.74, 6) is -0.770. The predicted molar refractivity (Wildman–Crippen MR) is 74.7 cm³/mol. The Labute approximate surface area is 118 Å². The Bertz CT molecular complexity index is 496. The van der Waals surface area contributed by atoms with Crippen LogP contribution < -0.4 is 0 Å². The first-order valence-corrected chi connectivity index (χ1v) is 7.03. The lowest BCUT2D eigenvalue weighted by atomic mass is 9.89. The number of rotatable bonds is 4. The molecule has 1 heterocycles. The number of carboxylic acid groups (broad SMARTS) is 1. The minimum Gasteiger partial charge on any atom is -0.477 e. The minimum atomic E-state index is -1.12. The summed E-state index contributed by atoms with van der Waals surface area (Å²) in [6.45, 7) is 0.720. The van der Waals surface area contributed by atoms with Crippen LogP contribution in [0, 0.1) is 5.92 Å². The van der Waals surface area contributed by atoms with Crippen molar-refractivity contribution in [3.8, 4) is 0 Å². The second-order valence-corrected chi connectivity index (χ2v) is 5.40. The van der Waals surface area contributed by atoms with Gasteiger partial charge in [-0.2, -0.15) is 0 Å². The molecule has 0 saturated heterocycles. The summed E-state index contributed by atoms with van der Waals surface area (Å²) < 4.78 is 0. The van der Waals surface area contributed by atoms with Crippen LogP contribution >= 0.6 is 0 Å². The molecule has 1 amide bonds. The van der Waals surface area contributed by atoms with E-state index in [9.17, 15) is 9.59 Å². The average molecular weight is 276 g/mol. The minimum absolute atomic E-state index is 0.0954. The van der Waals surface area contributed by atoms with Crippen molar-refractivity contribution >= 4 is 11.9 Å². The van der Waals surface area contributed by atoms with Crippen LogP contribution in [0.15, 0.2) is 18.2 Å². The van der Waals surface area contributed by atoms with Crippen LogP contribution in [0.2, 0.25) is 0 Å². The normalized spacial score (nSPS) is 15.8. The van der Waals surface area contributed by atoms with Crippen molar-refractivity contribution in [3.63, 3.8) is 0 Å². The van der Waals surface area contributed by atoms with Gasteiger partial charge in [-0.15, -0.1) is 0 Å². The molecule has 0 spiro atoms. The van der Waals surface area contributed by atoms with E-state index in [0.717, 1.165) is 6.54 Å². The molecule has 1 aliphatic carbocycles. The molecule has 0 radical (unpaired) electrons. The highest BCUT2D eigenvalue weighted by molar-refractivity contribution is 5.94. The molecule has 108 valence electrons. The quantitative estimate of drug-likeness (QED) is 0.917. The Hall–Kier alpha value is -1.91. The zero-order chi connectivity index (χ0) is 14.5. The molecule has 0 atom stereocenters. The van der Waals surface area contributed by atoms with Gasteiger partial charge in [-0.3, -0.25) is 4.79 Å². The van der Waals surface area contributed by atoms with Crippen molar-refractivity contribution in [2.75, 3.05) is 13.6 Å². The lowest BCUT2D eigenvalue weighted by molar-refractivity contribution is 0.0689. The summed E-state index contributed by atoms with van der Waals surface area (Å²) >= 11 is 0. The largest absolute Gasteiger partial charge is 0.477 e. The molecule has 5 nitrogen and oxygen atoms in total. The summed E-state index contributed by atoms with van der Waals surface area (Å²) in [6.07, 6.45) is 6.09. The number of pyridine rings is 1. The van der Waals surface area contributed by atoms with Crippen molar-refractivity contribution in [2.24, 2.45) is 5.92 Å². The Morgan fingerprint density at radius 2 is 1.90 bits per heavy atom. The molecule has 1 fully saturated rings. The van der Waals surface area contributed by atoms with Crippen LogP contribution in [-0.4, -0.2) is 40.5 Å². The molecule has 1 aromatic rings. The highest BCUT2D eigenvalue weighted by atomic mass is 16.4. The van der Waals surface area contributed by atoms with Crippen LogP contribution in [0.4, 0.5) is 0 Å². The number of carbonyl (C=O) groups excluding carboxylic acids is 1. The highest BCUT2D eigenvalue weighted by Crippen LogP contribution is 2.24. The third kappa shape index (κ3) is 3.56. The van der Waals surface area contributed by atoms with E-state index < -0.39 is 5.97 Å². The molecule has 1 N–H and O–H groups in total. The highest BCUT2D eigenvalue weighted by Gasteiger charge is 2.20. The standard InChI is InChI=1S/C15H20N2O3/c1-17(10-11-6-3-2-4-7-11)14(18)12-8-5-9-13(16-12)15(19)20/h5,8-9,11H,2-4,6-7,10H2,1H3,(H,19,20). The van der Waals surface area contributed by atoms with E-state index in [1.807, 2.05) is 0 Å². The number of carboxylic acids is 1. The van der Waals surface area contributed by atoms with Crippen molar-refractivity contribution in [1.29, 1.82) is 0 Å². The van der Waals surface area contributed by atoms with Gasteiger partial charge < -0.3 is 10.0 Å². The van der Waals surface area contributed by atoms with E-state index in [1.54, 1.807) is 24.1 Å². The Morgan fingerprint density at radius 3 is 2.55 bits per heavy atom. The maximum absolute atomic E-state index is 12.3. The molecular weight excluding hydrogens is 256 g/mol. The van der Waals surface area contributed by atoms with Crippen molar-refractivity contribution in [2.45, 2.75) is 32.1 Å². The second kappa shape index (κ2) is 6.50. The van der Waals surface area contributed by atoms with Crippen LogP contribution in [0.3, 0.4) is 0 Å². The third-order valence-corrected chi connectivity index (χ3v) is 3.79. The molecule has 2 rings (SSSR count). The number of carbonyl (C=O) groups is 2. The van der Waals surface area contributed by atoms with Crippen LogP contribution in [0.25, 0.3) is 0 Å². The molecular formula is C15H20N2O3. The zero-order valence-corrected chi connectivity index (χ0v) is 11.7. The Morgan fingerprint density at radius 1 is 1.25 bits per heavy atom. The zero-order valence-electron chi connectivity index (χ0n) is 11.7. The van der Waals surface area contributed by atoms with E-state index in [4.69, 9.17) is 5.11 Å². The summed E-state index contributed by atoms with van der Waals surface area (Å²) in [6, 6.07) is 4.50. The summed E-state index contributed by atoms with van der Waals surface area (Å²) in [5.41, 5.74) is 0.102. The lowest BCUT2D eigenvalue weighted by Gasteiger charge is -2.26. The van der Waals surface area contributed by atoms with Crippen LogP contribution in [-0.2, 0) is 0 Å². The first-order chi connectivity index (χ1) is 9.58. The first kappa shape index (κ1) is 14.5. The molecule has 20 heavy (non-hydrogen) atoms. The van der Waals surface area contributed by atoms with Gasteiger partial charge in [0.15, 0.2) is 0 Å². The van der Waals surface area contributed by atoms with Gasteiger partial charge >= 0.3 is 5.97 Å². The fraction of sp³-hybridized carbons (Fsp3) is 0.533. The maximum Gasteiger partial charge on any atom is 0.354 e. The fourth-order valence-corrected chi connectivity index (χ4v) is 2.71. The van der Waals surface area contributed by atoms with E-state index in [-0.39, 0.29) is 17.3 Å². The fourth-order valence-electron chi connectivity index (χ4n) is 2.71. The van der Waals surface area contributed by atoms with Crippen LogP contribution in [0.5, 0.6) is 0 Å². The molecule has 1 aliphatic rings. The van der Waals surface area contributed by atoms with Gasteiger partial charge in [0, 0.05) is 13.6 Å². The molecule has 1 aromatic heterocycles. The van der Waals surface area contributed by atoms with E-state index >= 15 is 0 Å². The molecule has 0 aromatic carbocycles. The van der Waals surface area contributed by atoms with Crippen molar-refractivity contribution in [3.05, 3.63) is 29.6 Å². The molecule has 5 heteroatoms. The number of aromatic carboxylic acids is 1. The van der Waals surface area contributed by atoms with Gasteiger partial charge in [0.2, 0.25) is 0 Å². The average Bonchev–Trinajstić information content (AvgIpc) is 2.47. The Balaban J connectivity index is 2.02. The smallest absolute Gasteiger partial charge is 0.354 e. The molecule has 0 bridgehead atoms. The number of nitrogens with zero attached hydrogens (tertiary/aromatic N) is 2. The molecule has 1 saturated carbocycles. The van der Waals surface area contributed by atoms with Gasteiger partial charge in [-0.25, -0.2) is 9.78 Å². The third-order valence-electron chi connectivity index (χ3n) is 3.79. The summed E-state index contributed by atoms with van der Waals surface area (Å²) in [4.78, 5) is 28.7. The Kier molecular flexibility index (Phi) is 4.71. The van der Waals surface area contributed by atoms with Crippen molar-refractivity contribution < 1.29 is 14.7 Å². The number of amides is 1. The molecule has 0 aliphatic heterocycles. The van der Waals surface area contributed by atoms with E-state index in [1.165, 1.54) is 38.2 Å². The summed E-state index contributed by atoms with van der Waals surface area (Å²) in [5, 5.41) is 8.90. The molecule has 0 unspecified atom stereocenters. The van der Waals surface area contributed by atoms with Gasteiger partial charge in [0.05, 0.1) is 0 Å². The SMILES string of the molecule is CN(CC1CCCCC1)C(=O)c1cccc(C(=O)O)n1. The second-order valence-electron chi connectivity index (χ2n) is 5.40. The number of aromatic nitrogens is 1. The topological polar surface area (TPSA) is 70.5 Å². The van der Waals surface area contributed by atoms with Gasteiger partial charge in [-0.05, 0) is 30.9 Å². The van der Waals surface area contributed by atoms with Gasteiger partial charge in [0.1, 0.15) is 11.4 Å². The summed E-state index contributed by atoms with van der Waals surface area (Å²) in [7, 11) is 1.76. The lowest BCUT2D eigenvalue weighted by Crippen LogP contribution is -2.33. The maximum atomic E-state index is 12.3. The number of hydrogen-bond acceptors (Lipinski definition) is 3. The monoisotopic (exact) mass is 276 g/mol. The number of hydrogen-bond donors (Lipinski definition) is 1. The van der Waals surface area contributed by atoms with Crippen LogP contribution in [0.1, 0.15) is 53.1 Å². The predicted octanol–water partition coefficient (Wildman–Crippen LogP) is 2.43. The van der Waals surface area contributed by atoms with E-state index in [0.29, 0.717) is 5.92 Å². The van der Waals surface area contributed by atoms with Gasteiger partial charge in [-0.1, -0.05) is 25.3 Å². The first-order valence-electron chi connectivity index (χ1n) is 7.03. The van der Waals surface area contributed by atoms with E-state index in [2.05, 4.69) is 4.98 Å².